The molecule has 0 bridgehead atoms. The van der Waals surface area contributed by atoms with Gasteiger partial charge in [-0.05, 0) is 37.6 Å². The second kappa shape index (κ2) is 4.45. The molecule has 2 N–H and O–H groups in total. The molecule has 0 aliphatic heterocycles. The van der Waals surface area contributed by atoms with Gasteiger partial charge in [-0.3, -0.25) is 0 Å². The maximum atomic E-state index is 12.2. The first kappa shape index (κ1) is 12.3. The van der Waals surface area contributed by atoms with Crippen LogP contribution in [0.4, 0.5) is 5.82 Å². The number of nitrogens with zero attached hydrogens (tertiary/aromatic N) is 3. The fourth-order valence-electron chi connectivity index (χ4n) is 2.25. The Bertz CT molecular complexity index is 867. The molecule has 3 rings (SSSR count). The second-order valence-electron chi connectivity index (χ2n) is 4.73. The summed E-state index contributed by atoms with van der Waals surface area (Å²) in [5, 5.41) is 0.679. The van der Waals surface area contributed by atoms with E-state index < -0.39 is 5.69 Å². The molecular weight excluding hydrogens is 252 g/mol. The minimum Gasteiger partial charge on any atom is -0.383 e. The highest BCUT2D eigenvalue weighted by molar-refractivity contribution is 5.86. The lowest BCUT2D eigenvalue weighted by Gasteiger charge is -2.12. The van der Waals surface area contributed by atoms with Gasteiger partial charge in [0.1, 0.15) is 5.82 Å². The quantitative estimate of drug-likeness (QED) is 0.731. The molecule has 0 amide bonds. The zero-order valence-corrected chi connectivity index (χ0v) is 11.3. The molecule has 0 saturated carbocycles. The van der Waals surface area contributed by atoms with Crippen molar-refractivity contribution in [3.63, 3.8) is 0 Å². The van der Waals surface area contributed by atoms with Crippen LogP contribution in [0.1, 0.15) is 11.3 Å². The Morgan fingerprint density at radius 1 is 1.05 bits per heavy atom. The van der Waals surface area contributed by atoms with Gasteiger partial charge >= 0.3 is 5.69 Å². The Morgan fingerprint density at radius 3 is 2.55 bits per heavy atom. The van der Waals surface area contributed by atoms with E-state index in [-0.39, 0.29) is 5.82 Å². The molecule has 0 saturated heterocycles. The minimum atomic E-state index is -0.414. The zero-order chi connectivity index (χ0) is 14.3. The van der Waals surface area contributed by atoms with Gasteiger partial charge in [-0.25, -0.2) is 14.3 Å². The van der Waals surface area contributed by atoms with Gasteiger partial charge in [0, 0.05) is 5.69 Å². The molecule has 2 aromatic heterocycles. The predicted molar refractivity (Wildman–Crippen MR) is 79.0 cm³/mol. The van der Waals surface area contributed by atoms with E-state index in [2.05, 4.69) is 9.97 Å². The molecule has 20 heavy (non-hydrogen) atoms. The topological polar surface area (TPSA) is 73.8 Å². The van der Waals surface area contributed by atoms with Crippen molar-refractivity contribution >= 4 is 16.9 Å². The van der Waals surface area contributed by atoms with Crippen LogP contribution in [-0.2, 0) is 0 Å². The van der Waals surface area contributed by atoms with E-state index >= 15 is 0 Å². The van der Waals surface area contributed by atoms with Crippen molar-refractivity contribution in [2.45, 2.75) is 13.8 Å². The molecule has 100 valence electrons. The van der Waals surface area contributed by atoms with Crippen molar-refractivity contribution in [1.82, 2.24) is 14.5 Å². The molecule has 0 fully saturated rings. The highest BCUT2D eigenvalue weighted by Crippen LogP contribution is 2.20. The largest absolute Gasteiger partial charge is 0.383 e. The number of hydrogen-bond acceptors (Lipinski definition) is 4. The van der Waals surface area contributed by atoms with Crippen molar-refractivity contribution in [1.29, 1.82) is 0 Å². The number of rotatable bonds is 1. The van der Waals surface area contributed by atoms with Crippen molar-refractivity contribution in [2.75, 3.05) is 5.73 Å². The van der Waals surface area contributed by atoms with Crippen LogP contribution in [0.5, 0.6) is 0 Å². The SMILES string of the molecule is Cc1ccc2c(N)nc(=O)n(-c3ccccc3C)c2n1. The third-order valence-corrected chi connectivity index (χ3v) is 3.27. The molecule has 2 heterocycles. The Labute approximate surface area is 115 Å². The molecule has 1 aromatic carbocycles. The summed E-state index contributed by atoms with van der Waals surface area (Å²) in [6.45, 7) is 3.82. The maximum absolute atomic E-state index is 12.2. The molecule has 0 aliphatic carbocycles. The van der Waals surface area contributed by atoms with Gasteiger partial charge in [0.25, 0.3) is 0 Å². The van der Waals surface area contributed by atoms with Crippen LogP contribution in [0.25, 0.3) is 16.7 Å². The number of hydrogen-bond donors (Lipinski definition) is 1. The number of anilines is 1. The van der Waals surface area contributed by atoms with Crippen LogP contribution >= 0.6 is 0 Å². The monoisotopic (exact) mass is 266 g/mol. The fourth-order valence-corrected chi connectivity index (χ4v) is 2.25. The number of nitrogen functional groups attached to an aromatic ring is 1. The van der Waals surface area contributed by atoms with Crippen LogP contribution < -0.4 is 11.4 Å². The molecule has 0 unspecified atom stereocenters. The van der Waals surface area contributed by atoms with Gasteiger partial charge < -0.3 is 5.73 Å². The highest BCUT2D eigenvalue weighted by Gasteiger charge is 2.12. The van der Waals surface area contributed by atoms with E-state index in [1.807, 2.05) is 50.2 Å². The third-order valence-electron chi connectivity index (χ3n) is 3.27. The first-order chi connectivity index (χ1) is 9.58. The summed E-state index contributed by atoms with van der Waals surface area (Å²) >= 11 is 0. The Balaban J connectivity index is 2.50. The standard InChI is InChI=1S/C15H14N4O/c1-9-5-3-4-6-12(9)19-14-11(8-7-10(2)17-14)13(16)18-15(19)20/h3-8H,1-2H3,(H2,16,18,20). The van der Waals surface area contributed by atoms with Gasteiger partial charge in [0.15, 0.2) is 5.65 Å². The number of fused-ring (bicyclic) bond motifs is 1. The summed E-state index contributed by atoms with van der Waals surface area (Å²) in [6, 6.07) is 11.3. The number of para-hydroxylation sites is 1. The van der Waals surface area contributed by atoms with Crippen molar-refractivity contribution in [2.24, 2.45) is 0 Å². The number of aromatic nitrogens is 3. The molecular formula is C15H14N4O. The second-order valence-corrected chi connectivity index (χ2v) is 4.73. The smallest absolute Gasteiger partial charge is 0.355 e. The predicted octanol–water partition coefficient (Wildman–Crippen LogP) is 1.98. The molecule has 0 spiro atoms. The number of pyridine rings is 1. The van der Waals surface area contributed by atoms with Crippen molar-refractivity contribution in [3.05, 3.63) is 58.1 Å². The first-order valence-electron chi connectivity index (χ1n) is 6.30. The lowest BCUT2D eigenvalue weighted by molar-refractivity contribution is 0.933. The lowest BCUT2D eigenvalue weighted by atomic mass is 10.2. The number of aryl methyl sites for hydroxylation is 2. The van der Waals surface area contributed by atoms with Gasteiger partial charge in [0.05, 0.1) is 11.1 Å². The van der Waals surface area contributed by atoms with Crippen LogP contribution in [-0.4, -0.2) is 14.5 Å². The summed E-state index contributed by atoms with van der Waals surface area (Å²) in [6.07, 6.45) is 0. The highest BCUT2D eigenvalue weighted by atomic mass is 16.1. The Morgan fingerprint density at radius 2 is 1.80 bits per heavy atom. The van der Waals surface area contributed by atoms with Gasteiger partial charge in [-0.1, -0.05) is 18.2 Å². The van der Waals surface area contributed by atoms with E-state index in [9.17, 15) is 4.79 Å². The summed E-state index contributed by atoms with van der Waals surface area (Å²) in [7, 11) is 0. The maximum Gasteiger partial charge on any atom is 0.355 e. The summed E-state index contributed by atoms with van der Waals surface area (Å²) in [5.74, 6) is 0.210. The van der Waals surface area contributed by atoms with Crippen LogP contribution in [0.3, 0.4) is 0 Å². The lowest BCUT2D eigenvalue weighted by Crippen LogP contribution is -2.24. The Hall–Kier alpha value is -2.69. The van der Waals surface area contributed by atoms with E-state index in [4.69, 9.17) is 5.73 Å². The van der Waals surface area contributed by atoms with Crippen LogP contribution in [0.15, 0.2) is 41.2 Å². The number of nitrogens with two attached hydrogens (primary N) is 1. The average molecular weight is 266 g/mol. The molecule has 0 atom stereocenters. The fraction of sp³-hybridized carbons (Fsp3) is 0.133. The zero-order valence-electron chi connectivity index (χ0n) is 11.3. The first-order valence-corrected chi connectivity index (χ1v) is 6.30. The van der Waals surface area contributed by atoms with Crippen LogP contribution in [0, 0.1) is 13.8 Å². The van der Waals surface area contributed by atoms with Crippen molar-refractivity contribution < 1.29 is 0 Å². The summed E-state index contributed by atoms with van der Waals surface area (Å²) in [4.78, 5) is 20.6. The summed E-state index contributed by atoms with van der Waals surface area (Å²) in [5.41, 5.74) is 8.52. The summed E-state index contributed by atoms with van der Waals surface area (Å²) < 4.78 is 1.51. The van der Waals surface area contributed by atoms with Crippen molar-refractivity contribution in [3.8, 4) is 5.69 Å². The Kier molecular flexibility index (Phi) is 2.75. The van der Waals surface area contributed by atoms with Gasteiger partial charge in [-0.15, -0.1) is 0 Å². The molecule has 3 aromatic rings. The minimum absolute atomic E-state index is 0.210. The van der Waals surface area contributed by atoms with E-state index in [0.29, 0.717) is 11.0 Å². The molecule has 0 aliphatic rings. The number of benzene rings is 1. The molecule has 5 heteroatoms. The molecule has 0 radical (unpaired) electrons. The van der Waals surface area contributed by atoms with Gasteiger partial charge in [0.2, 0.25) is 0 Å². The van der Waals surface area contributed by atoms with Gasteiger partial charge in [-0.2, -0.15) is 4.98 Å². The van der Waals surface area contributed by atoms with E-state index in [1.54, 1.807) is 0 Å². The third kappa shape index (κ3) is 1.84. The normalized spacial score (nSPS) is 10.9. The average Bonchev–Trinajstić information content (AvgIpc) is 2.40. The van der Waals surface area contributed by atoms with Crippen LogP contribution in [0.2, 0.25) is 0 Å². The van der Waals surface area contributed by atoms with E-state index in [0.717, 1.165) is 16.9 Å². The molecule has 5 nitrogen and oxygen atoms in total. The van der Waals surface area contributed by atoms with E-state index in [1.165, 1.54) is 4.57 Å².